The van der Waals surface area contributed by atoms with Crippen LogP contribution in [0.4, 0.5) is 0 Å². The maximum Gasteiger partial charge on any atom is 0.129 e. The molecule has 5 nitrogen and oxygen atoms in total. The molecule has 20 heavy (non-hydrogen) atoms. The highest BCUT2D eigenvalue weighted by molar-refractivity contribution is 5.43. The molecule has 0 bridgehead atoms. The summed E-state index contributed by atoms with van der Waals surface area (Å²) in [5.74, 6) is 1.37. The number of aliphatic hydroxyl groups is 2. The average molecular weight is 275 g/mol. The van der Waals surface area contributed by atoms with Crippen molar-refractivity contribution >= 4 is 0 Å². The molecule has 0 amide bonds. The Kier molecular flexibility index (Phi) is 3.25. The molecule has 2 aromatic rings. The van der Waals surface area contributed by atoms with E-state index < -0.39 is 6.10 Å². The molecule has 106 valence electrons. The summed E-state index contributed by atoms with van der Waals surface area (Å²) in [6.45, 7) is 0.317. The van der Waals surface area contributed by atoms with Gasteiger partial charge in [0.1, 0.15) is 23.9 Å². The normalized spacial score (nSPS) is 22.8. The van der Waals surface area contributed by atoms with E-state index >= 15 is 0 Å². The van der Waals surface area contributed by atoms with Gasteiger partial charge < -0.3 is 19.7 Å². The quantitative estimate of drug-likeness (QED) is 0.775. The third-order valence-corrected chi connectivity index (χ3v) is 3.73. The Balaban J connectivity index is 2.09. The maximum absolute atomic E-state index is 10.1. The van der Waals surface area contributed by atoms with Crippen molar-refractivity contribution in [3.8, 4) is 5.75 Å². The molecule has 0 fully saturated rings. The zero-order valence-corrected chi connectivity index (χ0v) is 11.2. The summed E-state index contributed by atoms with van der Waals surface area (Å²) < 4.78 is 5.63. The second kappa shape index (κ2) is 4.94. The standard InChI is InChI=1S/C15H17NO4/c1-16-7-13(19)12-6-9(18)2-4-11(12)15(16)14-5-3-10(8-17)20-14/h2-6,13,15,17-19H,7-8H2,1H3/t13-,15+/m0/s1. The Labute approximate surface area is 116 Å². The van der Waals surface area contributed by atoms with Crippen molar-refractivity contribution < 1.29 is 19.7 Å². The lowest BCUT2D eigenvalue weighted by Crippen LogP contribution is -2.35. The summed E-state index contributed by atoms with van der Waals surface area (Å²) in [4.78, 5) is 1.99. The summed E-state index contributed by atoms with van der Waals surface area (Å²) in [6, 6.07) is 8.45. The lowest BCUT2D eigenvalue weighted by Gasteiger charge is -2.36. The van der Waals surface area contributed by atoms with Crippen LogP contribution in [0.5, 0.6) is 5.75 Å². The molecule has 2 heterocycles. The molecule has 1 aromatic carbocycles. The predicted octanol–water partition coefficient (Wildman–Crippen LogP) is 1.55. The van der Waals surface area contributed by atoms with E-state index in [2.05, 4.69) is 0 Å². The fourth-order valence-corrected chi connectivity index (χ4v) is 2.81. The number of phenols is 1. The topological polar surface area (TPSA) is 77.1 Å². The molecule has 0 spiro atoms. The molecular formula is C15H17NO4. The van der Waals surface area contributed by atoms with Gasteiger partial charge in [0.25, 0.3) is 0 Å². The summed E-state index contributed by atoms with van der Waals surface area (Å²) in [7, 11) is 1.91. The number of aliphatic hydroxyl groups excluding tert-OH is 2. The smallest absolute Gasteiger partial charge is 0.129 e. The Morgan fingerprint density at radius 2 is 2.05 bits per heavy atom. The Morgan fingerprint density at radius 1 is 1.25 bits per heavy atom. The summed E-state index contributed by atoms with van der Waals surface area (Å²) in [6.07, 6.45) is -0.634. The molecule has 0 aliphatic carbocycles. The lowest BCUT2D eigenvalue weighted by molar-refractivity contribution is 0.0872. The van der Waals surface area contributed by atoms with Crippen molar-refractivity contribution in [1.29, 1.82) is 0 Å². The van der Waals surface area contributed by atoms with Crippen molar-refractivity contribution in [3.63, 3.8) is 0 Å². The molecule has 0 saturated carbocycles. The molecule has 0 saturated heterocycles. The van der Waals surface area contributed by atoms with Crippen LogP contribution < -0.4 is 0 Å². The number of fused-ring (bicyclic) bond motifs is 1. The Bertz CT molecular complexity index is 622. The minimum Gasteiger partial charge on any atom is -0.508 e. The highest BCUT2D eigenvalue weighted by Crippen LogP contribution is 2.39. The Morgan fingerprint density at radius 3 is 2.75 bits per heavy atom. The van der Waals surface area contributed by atoms with Gasteiger partial charge in [-0.25, -0.2) is 0 Å². The van der Waals surface area contributed by atoms with E-state index in [0.29, 0.717) is 12.3 Å². The van der Waals surface area contributed by atoms with E-state index in [1.54, 1.807) is 24.3 Å². The van der Waals surface area contributed by atoms with Gasteiger partial charge in [-0.2, -0.15) is 0 Å². The van der Waals surface area contributed by atoms with Gasteiger partial charge in [-0.3, -0.25) is 4.90 Å². The summed E-state index contributed by atoms with van der Waals surface area (Å²) in [5, 5.41) is 28.8. The molecule has 5 heteroatoms. The van der Waals surface area contributed by atoms with E-state index in [1.165, 1.54) is 0 Å². The number of hydrogen-bond donors (Lipinski definition) is 3. The average Bonchev–Trinajstić information content (AvgIpc) is 2.88. The van der Waals surface area contributed by atoms with Crippen LogP contribution in [-0.4, -0.2) is 33.8 Å². The monoisotopic (exact) mass is 275 g/mol. The minimum atomic E-state index is -0.634. The van der Waals surface area contributed by atoms with E-state index in [9.17, 15) is 10.2 Å². The number of furan rings is 1. The van der Waals surface area contributed by atoms with E-state index in [-0.39, 0.29) is 18.4 Å². The van der Waals surface area contributed by atoms with Crippen LogP contribution >= 0.6 is 0 Å². The Hall–Kier alpha value is -1.82. The first-order valence-corrected chi connectivity index (χ1v) is 6.50. The van der Waals surface area contributed by atoms with Gasteiger partial charge in [-0.1, -0.05) is 6.07 Å². The van der Waals surface area contributed by atoms with Crippen LogP contribution in [0.3, 0.4) is 0 Å². The zero-order chi connectivity index (χ0) is 14.3. The van der Waals surface area contributed by atoms with Gasteiger partial charge >= 0.3 is 0 Å². The van der Waals surface area contributed by atoms with Gasteiger partial charge in [0.05, 0.1) is 12.1 Å². The third kappa shape index (κ3) is 2.10. The molecule has 3 rings (SSSR count). The zero-order valence-electron chi connectivity index (χ0n) is 11.2. The fraction of sp³-hybridized carbons (Fsp3) is 0.333. The second-order valence-electron chi connectivity index (χ2n) is 5.13. The van der Waals surface area contributed by atoms with Gasteiger partial charge in [0.15, 0.2) is 0 Å². The van der Waals surface area contributed by atoms with Crippen molar-refractivity contribution in [2.45, 2.75) is 18.8 Å². The highest BCUT2D eigenvalue weighted by atomic mass is 16.4. The first-order valence-electron chi connectivity index (χ1n) is 6.50. The highest BCUT2D eigenvalue weighted by Gasteiger charge is 2.33. The molecule has 2 atom stereocenters. The first kappa shape index (κ1) is 13.2. The molecule has 0 unspecified atom stereocenters. The van der Waals surface area contributed by atoms with Crippen LogP contribution in [-0.2, 0) is 6.61 Å². The van der Waals surface area contributed by atoms with Crippen molar-refractivity contribution in [1.82, 2.24) is 4.90 Å². The number of benzene rings is 1. The molecule has 1 aliphatic heterocycles. The number of hydrogen-bond acceptors (Lipinski definition) is 5. The number of likely N-dealkylation sites (N-methyl/N-ethyl adjacent to an activating group) is 1. The second-order valence-corrected chi connectivity index (χ2v) is 5.13. The van der Waals surface area contributed by atoms with Crippen molar-refractivity contribution in [2.75, 3.05) is 13.6 Å². The maximum atomic E-state index is 10.1. The van der Waals surface area contributed by atoms with Crippen LogP contribution in [0.25, 0.3) is 0 Å². The summed E-state index contributed by atoms with van der Waals surface area (Å²) in [5.41, 5.74) is 1.62. The van der Waals surface area contributed by atoms with Crippen LogP contribution in [0.1, 0.15) is 34.8 Å². The molecule has 3 N–H and O–H groups in total. The van der Waals surface area contributed by atoms with Gasteiger partial charge in [0.2, 0.25) is 0 Å². The molecule has 0 radical (unpaired) electrons. The number of aromatic hydroxyl groups is 1. The molecule has 1 aromatic heterocycles. The fourth-order valence-electron chi connectivity index (χ4n) is 2.81. The number of β-amino-alcohol motifs (C(OH)–C–C–N with tert-alkyl or cyclic N) is 1. The molecular weight excluding hydrogens is 258 g/mol. The lowest BCUT2D eigenvalue weighted by atomic mass is 9.89. The predicted molar refractivity (Wildman–Crippen MR) is 72.2 cm³/mol. The van der Waals surface area contributed by atoms with Gasteiger partial charge in [-0.05, 0) is 42.4 Å². The third-order valence-electron chi connectivity index (χ3n) is 3.73. The SMILES string of the molecule is CN1C[C@H](O)c2cc(O)ccc2[C@@H]1c1ccc(CO)o1. The number of nitrogens with zero attached hydrogens (tertiary/aromatic N) is 1. The molecule has 1 aliphatic rings. The largest absolute Gasteiger partial charge is 0.508 e. The van der Waals surface area contributed by atoms with Gasteiger partial charge in [0, 0.05) is 6.54 Å². The van der Waals surface area contributed by atoms with Crippen LogP contribution in [0.2, 0.25) is 0 Å². The summed E-state index contributed by atoms with van der Waals surface area (Å²) >= 11 is 0. The first-order chi connectivity index (χ1) is 9.60. The minimum absolute atomic E-state index is 0.130. The van der Waals surface area contributed by atoms with Crippen molar-refractivity contribution in [3.05, 3.63) is 53.0 Å². The van der Waals surface area contributed by atoms with E-state index in [1.807, 2.05) is 18.0 Å². The van der Waals surface area contributed by atoms with Gasteiger partial charge in [-0.15, -0.1) is 0 Å². The van der Waals surface area contributed by atoms with E-state index in [0.717, 1.165) is 16.9 Å². The number of rotatable bonds is 2. The van der Waals surface area contributed by atoms with Crippen molar-refractivity contribution in [2.24, 2.45) is 0 Å². The van der Waals surface area contributed by atoms with Crippen LogP contribution in [0, 0.1) is 0 Å². The van der Waals surface area contributed by atoms with E-state index in [4.69, 9.17) is 9.52 Å². The number of phenolic OH excluding ortho intramolecular Hbond substituents is 1. The van der Waals surface area contributed by atoms with Crippen LogP contribution in [0.15, 0.2) is 34.7 Å².